The predicted molar refractivity (Wildman–Crippen MR) is 129 cm³/mol. The van der Waals surface area contributed by atoms with E-state index in [9.17, 15) is 9.18 Å². The van der Waals surface area contributed by atoms with Gasteiger partial charge in [-0.15, -0.1) is 16.4 Å². The summed E-state index contributed by atoms with van der Waals surface area (Å²) in [6, 6.07) is 16.3. The first-order valence-corrected chi connectivity index (χ1v) is 11.8. The van der Waals surface area contributed by atoms with Crippen molar-refractivity contribution in [1.82, 2.24) is 19.7 Å². The Labute approximate surface area is 195 Å². The van der Waals surface area contributed by atoms with E-state index in [1.807, 2.05) is 17.5 Å². The van der Waals surface area contributed by atoms with Gasteiger partial charge in [-0.05, 0) is 60.7 Å². The molecule has 1 amide bonds. The average molecular weight is 462 g/mol. The van der Waals surface area contributed by atoms with Crippen LogP contribution in [-0.2, 0) is 0 Å². The number of piperazine rings is 1. The number of nitrogens with zero attached hydrogens (tertiary/aromatic N) is 5. The van der Waals surface area contributed by atoms with E-state index in [-0.39, 0.29) is 17.5 Å². The molecular formula is C25H24FN5OS. The van der Waals surface area contributed by atoms with E-state index in [1.165, 1.54) is 40.3 Å². The Hall–Kier alpha value is -3.52. The van der Waals surface area contributed by atoms with Crippen molar-refractivity contribution in [2.45, 2.75) is 13.8 Å². The molecule has 1 aliphatic rings. The number of carbonyl (C=O) groups excluding carboxylic acids is 1. The van der Waals surface area contributed by atoms with Crippen molar-refractivity contribution in [2.24, 2.45) is 0 Å². The summed E-state index contributed by atoms with van der Waals surface area (Å²) in [5.41, 5.74) is 4.29. The number of aryl methyl sites for hydroxylation is 1. The molecule has 33 heavy (non-hydrogen) atoms. The first-order valence-electron chi connectivity index (χ1n) is 10.9. The van der Waals surface area contributed by atoms with E-state index in [0.29, 0.717) is 24.6 Å². The molecule has 2 aromatic heterocycles. The van der Waals surface area contributed by atoms with Crippen molar-refractivity contribution >= 4 is 22.9 Å². The molecule has 0 unspecified atom stereocenters. The van der Waals surface area contributed by atoms with Crippen molar-refractivity contribution in [1.29, 1.82) is 0 Å². The number of halogens is 1. The summed E-state index contributed by atoms with van der Waals surface area (Å²) in [7, 11) is 0. The monoisotopic (exact) mass is 461 g/mol. The maximum atomic E-state index is 13.9. The van der Waals surface area contributed by atoms with Gasteiger partial charge in [-0.2, -0.15) is 0 Å². The van der Waals surface area contributed by atoms with Gasteiger partial charge in [-0.25, -0.2) is 14.1 Å². The molecular weight excluding hydrogens is 437 g/mol. The summed E-state index contributed by atoms with van der Waals surface area (Å²) < 4.78 is 15.4. The lowest BCUT2D eigenvalue weighted by atomic mass is 10.1. The second kappa shape index (κ2) is 8.78. The fourth-order valence-electron chi connectivity index (χ4n) is 4.13. The van der Waals surface area contributed by atoms with Crippen LogP contribution in [0.3, 0.4) is 0 Å². The molecule has 4 aromatic rings. The molecule has 8 heteroatoms. The first kappa shape index (κ1) is 21.3. The number of rotatable bonds is 4. The van der Waals surface area contributed by atoms with E-state index in [2.05, 4.69) is 47.0 Å². The Morgan fingerprint density at radius 1 is 1.00 bits per heavy atom. The first-order chi connectivity index (χ1) is 16.0. The summed E-state index contributed by atoms with van der Waals surface area (Å²) in [6.07, 6.45) is 0. The van der Waals surface area contributed by atoms with E-state index < -0.39 is 0 Å². The normalized spacial score (nSPS) is 14.0. The van der Waals surface area contributed by atoms with Crippen molar-refractivity contribution in [3.63, 3.8) is 0 Å². The Morgan fingerprint density at radius 2 is 1.79 bits per heavy atom. The summed E-state index contributed by atoms with van der Waals surface area (Å²) in [6.45, 7) is 6.93. The van der Waals surface area contributed by atoms with Crippen LogP contribution < -0.4 is 4.90 Å². The van der Waals surface area contributed by atoms with Crippen LogP contribution in [0.4, 0.5) is 10.1 Å². The number of amides is 1. The number of hydrogen-bond acceptors (Lipinski definition) is 5. The lowest BCUT2D eigenvalue weighted by Gasteiger charge is -2.36. The SMILES string of the molecule is Cc1cccc(N2CCN(C(=O)c3nc(-c4cccs4)n(-c4cccc(F)c4)n3)CC2)c1C. The Morgan fingerprint density at radius 3 is 2.52 bits per heavy atom. The maximum absolute atomic E-state index is 13.9. The van der Waals surface area contributed by atoms with E-state index in [0.717, 1.165) is 18.0 Å². The molecule has 0 aliphatic carbocycles. The van der Waals surface area contributed by atoms with Gasteiger partial charge in [0.15, 0.2) is 5.82 Å². The van der Waals surface area contributed by atoms with Crippen molar-refractivity contribution in [3.8, 4) is 16.4 Å². The maximum Gasteiger partial charge on any atom is 0.293 e. The fourth-order valence-corrected chi connectivity index (χ4v) is 4.82. The minimum Gasteiger partial charge on any atom is -0.368 e. The summed E-state index contributed by atoms with van der Waals surface area (Å²) in [5, 5.41) is 6.43. The molecule has 0 N–H and O–H groups in total. The number of carbonyl (C=O) groups is 1. The van der Waals surface area contributed by atoms with Gasteiger partial charge in [0.2, 0.25) is 5.82 Å². The number of benzene rings is 2. The lowest BCUT2D eigenvalue weighted by molar-refractivity contribution is 0.0734. The zero-order valence-corrected chi connectivity index (χ0v) is 19.3. The second-order valence-corrected chi connectivity index (χ2v) is 9.07. The summed E-state index contributed by atoms with van der Waals surface area (Å²) >= 11 is 1.50. The molecule has 0 atom stereocenters. The van der Waals surface area contributed by atoms with Crippen molar-refractivity contribution in [3.05, 3.63) is 82.7 Å². The lowest BCUT2D eigenvalue weighted by Crippen LogP contribution is -2.49. The Bertz CT molecular complexity index is 1290. The summed E-state index contributed by atoms with van der Waals surface area (Å²) in [5.74, 6) is 0.0926. The molecule has 1 saturated heterocycles. The highest BCUT2D eigenvalue weighted by molar-refractivity contribution is 7.13. The third kappa shape index (κ3) is 4.14. The molecule has 0 saturated carbocycles. The van der Waals surface area contributed by atoms with Crippen LogP contribution in [0.1, 0.15) is 21.7 Å². The third-order valence-electron chi connectivity index (χ3n) is 6.08. The van der Waals surface area contributed by atoms with Crippen LogP contribution in [0.2, 0.25) is 0 Å². The molecule has 0 bridgehead atoms. The minimum atomic E-state index is -0.365. The van der Waals surface area contributed by atoms with Crippen molar-refractivity contribution < 1.29 is 9.18 Å². The van der Waals surface area contributed by atoms with Crippen LogP contribution in [0.25, 0.3) is 16.4 Å². The van der Waals surface area contributed by atoms with Gasteiger partial charge in [0.1, 0.15) is 5.82 Å². The smallest absolute Gasteiger partial charge is 0.293 e. The van der Waals surface area contributed by atoms with Crippen LogP contribution in [0.15, 0.2) is 60.0 Å². The van der Waals surface area contributed by atoms with Crippen LogP contribution >= 0.6 is 11.3 Å². The number of aromatic nitrogens is 3. The summed E-state index contributed by atoms with van der Waals surface area (Å²) in [4.78, 5) is 22.9. The van der Waals surface area contributed by atoms with Gasteiger partial charge in [0.25, 0.3) is 5.91 Å². The Kier molecular flexibility index (Phi) is 5.68. The largest absolute Gasteiger partial charge is 0.368 e. The van der Waals surface area contributed by atoms with Crippen LogP contribution in [0.5, 0.6) is 0 Å². The van der Waals surface area contributed by atoms with Gasteiger partial charge < -0.3 is 9.80 Å². The van der Waals surface area contributed by atoms with E-state index in [1.54, 1.807) is 21.7 Å². The molecule has 1 fully saturated rings. The van der Waals surface area contributed by atoms with Gasteiger partial charge in [0.05, 0.1) is 10.6 Å². The Balaban J connectivity index is 1.39. The fraction of sp³-hybridized carbons (Fsp3) is 0.240. The molecule has 6 nitrogen and oxygen atoms in total. The van der Waals surface area contributed by atoms with Gasteiger partial charge in [-0.3, -0.25) is 4.79 Å². The van der Waals surface area contributed by atoms with E-state index in [4.69, 9.17) is 0 Å². The highest BCUT2D eigenvalue weighted by Crippen LogP contribution is 2.27. The number of hydrogen-bond donors (Lipinski definition) is 0. The van der Waals surface area contributed by atoms with Crippen molar-refractivity contribution in [2.75, 3.05) is 31.1 Å². The topological polar surface area (TPSA) is 54.3 Å². The van der Waals surface area contributed by atoms with Gasteiger partial charge >= 0.3 is 0 Å². The molecule has 1 aliphatic heterocycles. The second-order valence-electron chi connectivity index (χ2n) is 8.13. The van der Waals surface area contributed by atoms with Gasteiger partial charge in [0, 0.05) is 31.9 Å². The highest BCUT2D eigenvalue weighted by atomic mass is 32.1. The van der Waals surface area contributed by atoms with Crippen LogP contribution in [0, 0.1) is 19.7 Å². The average Bonchev–Trinajstić information content (AvgIpc) is 3.51. The number of thiophene rings is 1. The molecule has 2 aromatic carbocycles. The molecule has 0 radical (unpaired) electrons. The van der Waals surface area contributed by atoms with Gasteiger partial charge in [-0.1, -0.05) is 24.3 Å². The highest BCUT2D eigenvalue weighted by Gasteiger charge is 2.27. The molecule has 0 spiro atoms. The molecule has 5 rings (SSSR count). The molecule has 168 valence electrons. The standard InChI is InChI=1S/C25H24FN5OS/c1-17-6-3-9-21(18(17)2)29-11-13-30(14-12-29)25(32)23-27-24(22-10-5-15-33-22)31(28-23)20-8-4-7-19(26)16-20/h3-10,15-16H,11-14H2,1-2H3. The zero-order valence-electron chi connectivity index (χ0n) is 18.5. The third-order valence-corrected chi connectivity index (χ3v) is 6.94. The van der Waals surface area contributed by atoms with E-state index >= 15 is 0 Å². The zero-order chi connectivity index (χ0) is 22.9. The number of anilines is 1. The molecule has 3 heterocycles. The predicted octanol–water partition coefficient (Wildman–Crippen LogP) is 4.71. The quantitative estimate of drug-likeness (QED) is 0.442. The minimum absolute atomic E-state index is 0.128. The van der Waals surface area contributed by atoms with Crippen LogP contribution in [-0.4, -0.2) is 51.8 Å².